The first kappa shape index (κ1) is 22.7. The third-order valence-corrected chi connectivity index (χ3v) is 4.21. The molecule has 0 aromatic carbocycles. The van der Waals surface area contributed by atoms with Crippen LogP contribution in [0.3, 0.4) is 0 Å². The van der Waals surface area contributed by atoms with E-state index in [2.05, 4.69) is 10.3 Å². The SMILES string of the molecule is CC(C)(C)C(=O)OCCCn1cc(CO[C@H]2O[C@H](CO)[C@@H](O)[C@H](O)[C@@H]2O)nn1. The third-order valence-electron chi connectivity index (χ3n) is 4.21. The molecular formula is C17H29N3O8. The van der Waals surface area contributed by atoms with Gasteiger partial charge in [0.1, 0.15) is 30.1 Å². The van der Waals surface area contributed by atoms with Crippen LogP contribution in [0.5, 0.6) is 0 Å². The summed E-state index contributed by atoms with van der Waals surface area (Å²) < 4.78 is 17.4. The zero-order valence-corrected chi connectivity index (χ0v) is 16.3. The summed E-state index contributed by atoms with van der Waals surface area (Å²) in [5.74, 6) is -0.264. The second-order valence-corrected chi connectivity index (χ2v) is 7.72. The van der Waals surface area contributed by atoms with E-state index in [1.54, 1.807) is 31.6 Å². The Morgan fingerprint density at radius 1 is 1.25 bits per heavy atom. The molecule has 1 aliphatic heterocycles. The number of carbonyl (C=O) groups excluding carboxylic acids is 1. The molecule has 4 N–H and O–H groups in total. The molecule has 160 valence electrons. The van der Waals surface area contributed by atoms with Gasteiger partial charge in [-0.05, 0) is 20.8 Å². The number of aliphatic hydroxyl groups is 4. The van der Waals surface area contributed by atoms with Crippen molar-refractivity contribution >= 4 is 5.97 Å². The highest BCUT2D eigenvalue weighted by Gasteiger charge is 2.44. The van der Waals surface area contributed by atoms with E-state index in [1.807, 2.05) is 0 Å². The fourth-order valence-corrected chi connectivity index (χ4v) is 2.49. The summed E-state index contributed by atoms with van der Waals surface area (Å²) >= 11 is 0. The average Bonchev–Trinajstić information content (AvgIpc) is 3.09. The van der Waals surface area contributed by atoms with Crippen molar-refractivity contribution in [3.63, 3.8) is 0 Å². The van der Waals surface area contributed by atoms with Gasteiger partial charge in [-0.1, -0.05) is 5.21 Å². The number of aromatic nitrogens is 3. The number of ether oxygens (including phenoxy) is 3. The van der Waals surface area contributed by atoms with Crippen LogP contribution in [0.1, 0.15) is 32.9 Å². The topological polar surface area (TPSA) is 156 Å². The Morgan fingerprint density at radius 2 is 1.96 bits per heavy atom. The van der Waals surface area contributed by atoms with Crippen LogP contribution < -0.4 is 0 Å². The highest BCUT2D eigenvalue weighted by Crippen LogP contribution is 2.22. The summed E-state index contributed by atoms with van der Waals surface area (Å²) in [5.41, 5.74) is -0.0778. The zero-order chi connectivity index (χ0) is 20.9. The smallest absolute Gasteiger partial charge is 0.311 e. The lowest BCUT2D eigenvalue weighted by atomic mass is 9.97. The van der Waals surface area contributed by atoms with E-state index in [1.165, 1.54) is 0 Å². The standard InChI is InChI=1S/C17H29N3O8/c1-17(2,3)16(25)26-6-4-5-20-7-10(18-19-20)9-27-15-14(24)13(23)12(22)11(8-21)28-15/h7,11-15,21-24H,4-6,8-9H2,1-3H3/t11-,12-,13+,14+,15+/m1/s1. The Labute approximate surface area is 162 Å². The molecular weight excluding hydrogens is 374 g/mol. The fourth-order valence-electron chi connectivity index (χ4n) is 2.49. The van der Waals surface area contributed by atoms with Crippen molar-refractivity contribution in [3.05, 3.63) is 11.9 Å². The van der Waals surface area contributed by atoms with Crippen molar-refractivity contribution in [2.24, 2.45) is 5.41 Å². The normalized spacial score (nSPS) is 28.3. The summed E-state index contributed by atoms with van der Waals surface area (Å²) in [6.45, 7) is 5.54. The van der Waals surface area contributed by atoms with Crippen LogP contribution >= 0.6 is 0 Å². The molecule has 2 heterocycles. The summed E-state index contributed by atoms with van der Waals surface area (Å²) in [6, 6.07) is 0. The summed E-state index contributed by atoms with van der Waals surface area (Å²) in [6.07, 6.45) is -4.46. The van der Waals surface area contributed by atoms with Crippen LogP contribution in [0, 0.1) is 5.41 Å². The lowest BCUT2D eigenvalue weighted by molar-refractivity contribution is -0.304. The second kappa shape index (κ2) is 9.72. The first-order chi connectivity index (χ1) is 13.1. The molecule has 0 unspecified atom stereocenters. The van der Waals surface area contributed by atoms with E-state index >= 15 is 0 Å². The van der Waals surface area contributed by atoms with E-state index in [9.17, 15) is 20.1 Å². The zero-order valence-electron chi connectivity index (χ0n) is 16.3. The molecule has 1 aromatic heterocycles. The van der Waals surface area contributed by atoms with Gasteiger partial charge in [0.05, 0.1) is 31.4 Å². The van der Waals surface area contributed by atoms with Gasteiger partial charge in [-0.3, -0.25) is 9.48 Å². The van der Waals surface area contributed by atoms with Crippen molar-refractivity contribution in [3.8, 4) is 0 Å². The van der Waals surface area contributed by atoms with Gasteiger partial charge in [0.25, 0.3) is 0 Å². The quantitative estimate of drug-likeness (QED) is 0.300. The molecule has 0 saturated carbocycles. The molecule has 1 fully saturated rings. The molecule has 0 amide bonds. The van der Waals surface area contributed by atoms with Gasteiger partial charge in [-0.25, -0.2) is 0 Å². The molecule has 11 heteroatoms. The Hall–Kier alpha value is -1.63. The lowest BCUT2D eigenvalue weighted by Gasteiger charge is -2.39. The summed E-state index contributed by atoms with van der Waals surface area (Å²) in [4.78, 5) is 11.7. The minimum atomic E-state index is -1.50. The highest BCUT2D eigenvalue weighted by molar-refractivity contribution is 5.75. The maximum absolute atomic E-state index is 11.7. The number of esters is 1. The van der Waals surface area contributed by atoms with Gasteiger partial charge in [0, 0.05) is 13.0 Å². The van der Waals surface area contributed by atoms with Crippen molar-refractivity contribution < 1.29 is 39.4 Å². The first-order valence-corrected chi connectivity index (χ1v) is 9.12. The maximum Gasteiger partial charge on any atom is 0.311 e. The number of aliphatic hydroxyl groups excluding tert-OH is 4. The number of carbonyl (C=O) groups is 1. The van der Waals surface area contributed by atoms with Gasteiger partial charge >= 0.3 is 5.97 Å². The van der Waals surface area contributed by atoms with Gasteiger partial charge < -0.3 is 34.6 Å². The fraction of sp³-hybridized carbons (Fsp3) is 0.824. The molecule has 2 rings (SSSR count). The number of hydrogen-bond donors (Lipinski definition) is 4. The molecule has 11 nitrogen and oxygen atoms in total. The largest absolute Gasteiger partial charge is 0.465 e. The molecule has 5 atom stereocenters. The molecule has 0 aliphatic carbocycles. The van der Waals surface area contributed by atoms with Crippen molar-refractivity contribution in [1.29, 1.82) is 0 Å². The van der Waals surface area contributed by atoms with Crippen LogP contribution in [0.4, 0.5) is 0 Å². The first-order valence-electron chi connectivity index (χ1n) is 9.12. The summed E-state index contributed by atoms with van der Waals surface area (Å²) in [7, 11) is 0. The monoisotopic (exact) mass is 403 g/mol. The van der Waals surface area contributed by atoms with Crippen LogP contribution in [-0.2, 0) is 32.2 Å². The minimum absolute atomic E-state index is 0.0539. The number of rotatable bonds is 8. The van der Waals surface area contributed by atoms with E-state index in [4.69, 9.17) is 19.3 Å². The van der Waals surface area contributed by atoms with Crippen LogP contribution in [-0.4, -0.2) is 85.3 Å². The predicted octanol–water partition coefficient (Wildman–Crippen LogP) is -1.43. The van der Waals surface area contributed by atoms with Crippen LogP contribution in [0.25, 0.3) is 0 Å². The van der Waals surface area contributed by atoms with Gasteiger partial charge in [-0.2, -0.15) is 0 Å². The Kier molecular flexibility index (Phi) is 7.87. The molecule has 0 bridgehead atoms. The average molecular weight is 403 g/mol. The molecule has 1 aromatic rings. The number of hydrogen-bond acceptors (Lipinski definition) is 10. The molecule has 28 heavy (non-hydrogen) atoms. The highest BCUT2D eigenvalue weighted by atomic mass is 16.7. The number of aryl methyl sites for hydroxylation is 1. The summed E-state index contributed by atoms with van der Waals surface area (Å²) in [5, 5.41) is 46.4. The van der Waals surface area contributed by atoms with E-state index in [0.29, 0.717) is 18.7 Å². The molecule has 1 aliphatic rings. The molecule has 1 saturated heterocycles. The maximum atomic E-state index is 11.7. The van der Waals surface area contributed by atoms with E-state index in [-0.39, 0.29) is 19.2 Å². The Morgan fingerprint density at radius 3 is 2.61 bits per heavy atom. The lowest BCUT2D eigenvalue weighted by Crippen LogP contribution is -2.59. The van der Waals surface area contributed by atoms with Gasteiger partial charge in [-0.15, -0.1) is 5.10 Å². The van der Waals surface area contributed by atoms with Crippen LogP contribution in [0.2, 0.25) is 0 Å². The van der Waals surface area contributed by atoms with Crippen molar-refractivity contribution in [2.45, 2.75) is 71.0 Å². The molecule has 0 spiro atoms. The van der Waals surface area contributed by atoms with Crippen molar-refractivity contribution in [1.82, 2.24) is 15.0 Å². The van der Waals surface area contributed by atoms with Gasteiger partial charge in [0.15, 0.2) is 6.29 Å². The van der Waals surface area contributed by atoms with Crippen LogP contribution in [0.15, 0.2) is 6.20 Å². The minimum Gasteiger partial charge on any atom is -0.465 e. The number of nitrogens with zero attached hydrogens (tertiary/aromatic N) is 3. The third kappa shape index (κ3) is 5.93. The second-order valence-electron chi connectivity index (χ2n) is 7.72. The predicted molar refractivity (Wildman–Crippen MR) is 93.6 cm³/mol. The van der Waals surface area contributed by atoms with E-state index in [0.717, 1.165) is 0 Å². The Balaban J connectivity index is 1.76. The van der Waals surface area contributed by atoms with Crippen molar-refractivity contribution in [2.75, 3.05) is 13.2 Å². The van der Waals surface area contributed by atoms with Gasteiger partial charge in [0.2, 0.25) is 0 Å². The van der Waals surface area contributed by atoms with E-state index < -0.39 is 42.7 Å². The Bertz CT molecular complexity index is 630. The molecule has 0 radical (unpaired) electrons.